The van der Waals surface area contributed by atoms with Crippen LogP contribution in [-0.4, -0.2) is 34.0 Å². The van der Waals surface area contributed by atoms with E-state index in [1.165, 1.54) is 0 Å². The van der Waals surface area contributed by atoms with Crippen LogP contribution in [0.3, 0.4) is 0 Å². The van der Waals surface area contributed by atoms with Crippen molar-refractivity contribution >= 4 is 17.8 Å². The highest BCUT2D eigenvalue weighted by molar-refractivity contribution is 7.79. The van der Waals surface area contributed by atoms with Gasteiger partial charge in [0.05, 0.1) is 10.6 Å². The standard InChI is InChI=1S/C21H23O7P/c1-4-9-29(22)20-12(5-7-14-18(20)27-10-25-14)16(23-2)17(24-3)13-6-8-15-19(21(13)29)28-11-26-15/h5-8,16-17H,4,9-11H2,1-3H3/t16-,17-/m1/s1. The smallest absolute Gasteiger partial charge is 0.231 e. The summed E-state index contributed by atoms with van der Waals surface area (Å²) in [5, 5.41) is 1.29. The molecule has 0 aromatic heterocycles. The fourth-order valence-electron chi connectivity index (χ4n) is 4.63. The van der Waals surface area contributed by atoms with Gasteiger partial charge in [-0.1, -0.05) is 19.1 Å². The van der Waals surface area contributed by atoms with Crippen molar-refractivity contribution < 1.29 is 33.0 Å². The van der Waals surface area contributed by atoms with Gasteiger partial charge in [-0.05, 0) is 29.7 Å². The van der Waals surface area contributed by atoms with Crippen LogP contribution in [-0.2, 0) is 14.0 Å². The molecule has 0 radical (unpaired) electrons. The molecule has 0 unspecified atom stereocenters. The summed E-state index contributed by atoms with van der Waals surface area (Å²) in [6.07, 6.45) is 0.257. The third kappa shape index (κ3) is 2.54. The summed E-state index contributed by atoms with van der Waals surface area (Å²) in [5.74, 6) is 2.25. The zero-order valence-electron chi connectivity index (χ0n) is 16.6. The first-order valence-electron chi connectivity index (χ1n) is 9.64. The lowest BCUT2D eigenvalue weighted by atomic mass is 9.97. The van der Waals surface area contributed by atoms with Crippen LogP contribution in [0.1, 0.15) is 36.7 Å². The van der Waals surface area contributed by atoms with E-state index in [4.69, 9.17) is 28.4 Å². The van der Waals surface area contributed by atoms with Crippen molar-refractivity contribution in [1.82, 2.24) is 0 Å². The van der Waals surface area contributed by atoms with Gasteiger partial charge < -0.3 is 33.0 Å². The Morgan fingerprint density at radius 1 is 0.862 bits per heavy atom. The molecule has 0 saturated carbocycles. The third-order valence-electron chi connectivity index (χ3n) is 5.75. The van der Waals surface area contributed by atoms with Crippen molar-refractivity contribution in [1.29, 1.82) is 0 Å². The molecule has 154 valence electrons. The van der Waals surface area contributed by atoms with Crippen LogP contribution in [0.5, 0.6) is 23.0 Å². The van der Waals surface area contributed by atoms with Crippen LogP contribution in [0.25, 0.3) is 0 Å². The Balaban J connectivity index is 1.92. The second kappa shape index (κ2) is 6.94. The SMILES string of the molecule is CCCP1(=O)c2c(ccc3c2OCO3)[C@@H](OC)[C@H](OC)c2ccc3c(c21)OCO3. The van der Waals surface area contributed by atoms with Gasteiger partial charge in [0.25, 0.3) is 0 Å². The van der Waals surface area contributed by atoms with Gasteiger partial charge in [-0.3, -0.25) is 0 Å². The van der Waals surface area contributed by atoms with Gasteiger partial charge in [0.2, 0.25) is 13.6 Å². The zero-order chi connectivity index (χ0) is 20.2. The van der Waals surface area contributed by atoms with Gasteiger partial charge in [-0.25, -0.2) is 0 Å². The molecular weight excluding hydrogens is 395 g/mol. The Kier molecular flexibility index (Phi) is 4.50. The minimum Gasteiger partial charge on any atom is -0.454 e. The number of benzene rings is 2. The maximum atomic E-state index is 15.0. The molecular formula is C21H23O7P. The van der Waals surface area contributed by atoms with E-state index in [1.54, 1.807) is 14.2 Å². The highest BCUT2D eigenvalue weighted by Gasteiger charge is 2.48. The normalized spacial score (nSPS) is 22.7. The zero-order valence-corrected chi connectivity index (χ0v) is 17.5. The molecule has 3 heterocycles. The third-order valence-corrected chi connectivity index (χ3v) is 9.19. The quantitative estimate of drug-likeness (QED) is 0.706. The molecule has 0 amide bonds. The van der Waals surface area contributed by atoms with E-state index >= 15 is 0 Å². The fourth-order valence-corrected chi connectivity index (χ4v) is 8.17. The van der Waals surface area contributed by atoms with E-state index in [-0.39, 0.29) is 13.6 Å². The predicted octanol–water partition coefficient (Wildman–Crippen LogP) is 3.26. The van der Waals surface area contributed by atoms with Gasteiger partial charge in [0.1, 0.15) is 12.2 Å². The number of hydrogen-bond acceptors (Lipinski definition) is 7. The van der Waals surface area contributed by atoms with E-state index in [0.717, 1.165) is 17.5 Å². The Morgan fingerprint density at radius 2 is 1.34 bits per heavy atom. The molecule has 2 aromatic rings. The molecule has 3 aliphatic heterocycles. The van der Waals surface area contributed by atoms with Gasteiger partial charge in [0, 0.05) is 20.4 Å². The first-order chi connectivity index (χ1) is 14.1. The maximum Gasteiger partial charge on any atom is 0.231 e. The Labute approximate surface area is 169 Å². The monoisotopic (exact) mass is 418 g/mol. The Hall–Kier alpha value is -2.21. The van der Waals surface area contributed by atoms with E-state index in [1.807, 2.05) is 31.2 Å². The predicted molar refractivity (Wildman–Crippen MR) is 107 cm³/mol. The van der Waals surface area contributed by atoms with Crippen LogP contribution in [0.4, 0.5) is 0 Å². The number of ether oxygens (including phenoxy) is 6. The lowest BCUT2D eigenvalue weighted by molar-refractivity contribution is -0.0385. The second-order valence-electron chi connectivity index (χ2n) is 7.25. The van der Waals surface area contributed by atoms with Crippen LogP contribution < -0.4 is 29.6 Å². The fraction of sp³-hybridized carbons (Fsp3) is 0.429. The Morgan fingerprint density at radius 3 is 1.76 bits per heavy atom. The van der Waals surface area contributed by atoms with Crippen LogP contribution in [0.15, 0.2) is 24.3 Å². The average Bonchev–Trinajstić information content (AvgIpc) is 3.37. The highest BCUT2D eigenvalue weighted by atomic mass is 31.2. The molecule has 5 rings (SSSR count). The number of rotatable bonds is 4. The topological polar surface area (TPSA) is 72.5 Å². The largest absolute Gasteiger partial charge is 0.454 e. The van der Waals surface area contributed by atoms with Gasteiger partial charge in [-0.2, -0.15) is 0 Å². The van der Waals surface area contributed by atoms with Gasteiger partial charge in [-0.15, -0.1) is 0 Å². The first-order valence-corrected chi connectivity index (χ1v) is 11.5. The number of methoxy groups -OCH3 is 2. The van der Waals surface area contributed by atoms with E-state index in [0.29, 0.717) is 39.8 Å². The minimum absolute atomic E-state index is 0.0998. The van der Waals surface area contributed by atoms with Crippen molar-refractivity contribution in [2.24, 2.45) is 0 Å². The molecule has 2 atom stereocenters. The molecule has 3 aliphatic rings. The minimum atomic E-state index is -3.19. The molecule has 0 N–H and O–H groups in total. The lowest BCUT2D eigenvalue weighted by Crippen LogP contribution is -2.24. The number of hydrogen-bond donors (Lipinski definition) is 0. The molecule has 0 aliphatic carbocycles. The van der Waals surface area contributed by atoms with Crippen molar-refractivity contribution in [3.8, 4) is 23.0 Å². The molecule has 2 aromatic carbocycles. The van der Waals surface area contributed by atoms with Crippen molar-refractivity contribution in [3.05, 3.63) is 35.4 Å². The summed E-state index contributed by atoms with van der Waals surface area (Å²) in [5.41, 5.74) is 1.59. The van der Waals surface area contributed by atoms with Crippen LogP contribution in [0.2, 0.25) is 0 Å². The summed E-state index contributed by atoms with van der Waals surface area (Å²) in [6, 6.07) is 7.51. The lowest BCUT2D eigenvalue weighted by Gasteiger charge is -2.25. The summed E-state index contributed by atoms with van der Waals surface area (Å²) in [7, 11) is 0.0754. The maximum absolute atomic E-state index is 15.0. The summed E-state index contributed by atoms with van der Waals surface area (Å²) < 4.78 is 49.6. The van der Waals surface area contributed by atoms with Crippen LogP contribution >= 0.6 is 7.14 Å². The van der Waals surface area contributed by atoms with Crippen LogP contribution in [0, 0.1) is 0 Å². The highest BCUT2D eigenvalue weighted by Crippen LogP contribution is 2.59. The molecule has 0 saturated heterocycles. The molecule has 29 heavy (non-hydrogen) atoms. The van der Waals surface area contributed by atoms with Gasteiger partial charge in [0.15, 0.2) is 30.1 Å². The summed E-state index contributed by atoms with van der Waals surface area (Å²) in [4.78, 5) is 0. The molecule has 8 heteroatoms. The summed E-state index contributed by atoms with van der Waals surface area (Å²) >= 11 is 0. The first kappa shape index (κ1) is 18.8. The van der Waals surface area contributed by atoms with E-state index < -0.39 is 19.3 Å². The molecule has 0 bridgehead atoms. The summed E-state index contributed by atoms with van der Waals surface area (Å²) in [6.45, 7) is 2.22. The molecule has 7 nitrogen and oxygen atoms in total. The van der Waals surface area contributed by atoms with Crippen molar-refractivity contribution in [2.45, 2.75) is 25.6 Å². The Bertz CT molecular complexity index is 943. The van der Waals surface area contributed by atoms with E-state index in [2.05, 4.69) is 0 Å². The van der Waals surface area contributed by atoms with Crippen molar-refractivity contribution in [3.63, 3.8) is 0 Å². The van der Waals surface area contributed by atoms with E-state index in [9.17, 15) is 4.57 Å². The van der Waals surface area contributed by atoms with Crippen molar-refractivity contribution in [2.75, 3.05) is 34.0 Å². The second-order valence-corrected chi connectivity index (χ2v) is 10.1. The van der Waals surface area contributed by atoms with Gasteiger partial charge >= 0.3 is 0 Å². The average molecular weight is 418 g/mol. The molecule has 0 spiro atoms. The number of fused-ring (bicyclic) bond motifs is 6. The molecule has 0 fully saturated rings.